The van der Waals surface area contributed by atoms with Crippen LogP contribution in [0.25, 0.3) is 5.57 Å². The molecule has 3 nitrogen and oxygen atoms in total. The Morgan fingerprint density at radius 1 is 1.04 bits per heavy atom. The van der Waals surface area contributed by atoms with E-state index in [9.17, 15) is 4.79 Å². The van der Waals surface area contributed by atoms with E-state index in [4.69, 9.17) is 9.47 Å². The molecule has 0 aliphatic carbocycles. The summed E-state index contributed by atoms with van der Waals surface area (Å²) in [6.07, 6.45) is 0.415. The third-order valence-electron chi connectivity index (χ3n) is 3.95. The monoisotopic (exact) mass is 308 g/mol. The second-order valence-corrected chi connectivity index (χ2v) is 5.39. The number of benzene rings is 2. The van der Waals surface area contributed by atoms with Crippen molar-refractivity contribution in [1.82, 2.24) is 0 Å². The molecule has 0 aromatic heterocycles. The molecule has 1 atom stereocenters. The standard InChI is InChI=1S/C20H20O3/c1-3-16-19(20(21)22-4-2)18(14-10-6-5-7-11-14)15-12-8-9-13-17(15)23-16/h5-13,16H,3-4H2,1-2H3. The highest BCUT2D eigenvalue weighted by atomic mass is 16.5. The van der Waals surface area contributed by atoms with Gasteiger partial charge in [0.25, 0.3) is 0 Å². The average Bonchev–Trinajstić information content (AvgIpc) is 2.60. The third-order valence-corrected chi connectivity index (χ3v) is 3.95. The highest BCUT2D eigenvalue weighted by molar-refractivity contribution is 6.04. The summed E-state index contributed by atoms with van der Waals surface area (Å²) in [5.74, 6) is 0.513. The van der Waals surface area contributed by atoms with Gasteiger partial charge in [0.2, 0.25) is 0 Å². The van der Waals surface area contributed by atoms with Crippen molar-refractivity contribution < 1.29 is 14.3 Å². The van der Waals surface area contributed by atoms with Gasteiger partial charge in [-0.3, -0.25) is 0 Å². The molecule has 0 N–H and O–H groups in total. The molecule has 118 valence electrons. The molecule has 23 heavy (non-hydrogen) atoms. The van der Waals surface area contributed by atoms with E-state index in [0.29, 0.717) is 18.6 Å². The molecule has 1 aliphatic rings. The van der Waals surface area contributed by atoms with Crippen LogP contribution in [0, 0.1) is 0 Å². The van der Waals surface area contributed by atoms with Gasteiger partial charge in [-0.1, -0.05) is 55.5 Å². The van der Waals surface area contributed by atoms with Gasteiger partial charge in [-0.15, -0.1) is 0 Å². The fraction of sp³-hybridized carbons (Fsp3) is 0.250. The second kappa shape index (κ2) is 6.69. The van der Waals surface area contributed by atoms with Crippen LogP contribution in [0.15, 0.2) is 60.2 Å². The minimum Gasteiger partial charge on any atom is -0.485 e. The highest BCUT2D eigenvalue weighted by Gasteiger charge is 2.33. The zero-order chi connectivity index (χ0) is 16.2. The van der Waals surface area contributed by atoms with Gasteiger partial charge >= 0.3 is 5.97 Å². The highest BCUT2D eigenvalue weighted by Crippen LogP contribution is 2.40. The fourth-order valence-electron chi connectivity index (χ4n) is 2.94. The second-order valence-electron chi connectivity index (χ2n) is 5.39. The van der Waals surface area contributed by atoms with E-state index >= 15 is 0 Å². The Morgan fingerprint density at radius 2 is 1.74 bits per heavy atom. The lowest BCUT2D eigenvalue weighted by Crippen LogP contribution is -2.30. The molecule has 0 bridgehead atoms. The summed E-state index contributed by atoms with van der Waals surface area (Å²) >= 11 is 0. The molecule has 0 saturated heterocycles. The van der Waals surface area contributed by atoms with Gasteiger partial charge in [0, 0.05) is 11.1 Å². The summed E-state index contributed by atoms with van der Waals surface area (Å²) < 4.78 is 11.4. The van der Waals surface area contributed by atoms with Gasteiger partial charge in [-0.05, 0) is 25.0 Å². The van der Waals surface area contributed by atoms with E-state index in [2.05, 4.69) is 0 Å². The molecule has 3 rings (SSSR count). The van der Waals surface area contributed by atoms with Gasteiger partial charge in [0.1, 0.15) is 11.9 Å². The van der Waals surface area contributed by atoms with Crippen molar-refractivity contribution in [3.05, 3.63) is 71.3 Å². The summed E-state index contributed by atoms with van der Waals surface area (Å²) in [4.78, 5) is 12.6. The quantitative estimate of drug-likeness (QED) is 0.793. The maximum atomic E-state index is 12.6. The molecule has 2 aromatic carbocycles. The largest absolute Gasteiger partial charge is 0.485 e. The Labute approximate surface area is 136 Å². The molecule has 1 unspecified atom stereocenters. The Morgan fingerprint density at radius 3 is 2.43 bits per heavy atom. The number of hydrogen-bond acceptors (Lipinski definition) is 3. The molecule has 1 aliphatic heterocycles. The van der Waals surface area contributed by atoms with Crippen molar-refractivity contribution in [3.8, 4) is 5.75 Å². The first-order valence-corrected chi connectivity index (χ1v) is 7.99. The van der Waals surface area contributed by atoms with Crippen LogP contribution in [0.2, 0.25) is 0 Å². The van der Waals surface area contributed by atoms with E-state index < -0.39 is 0 Å². The number of carbonyl (C=O) groups excluding carboxylic acids is 1. The van der Waals surface area contributed by atoms with Gasteiger partial charge in [-0.25, -0.2) is 4.79 Å². The lowest BCUT2D eigenvalue weighted by Gasteiger charge is -2.30. The predicted octanol–water partition coefficient (Wildman–Crippen LogP) is 4.22. The van der Waals surface area contributed by atoms with Crippen LogP contribution in [0.5, 0.6) is 5.75 Å². The third kappa shape index (κ3) is 2.87. The molecule has 1 heterocycles. The Hall–Kier alpha value is -2.55. The van der Waals surface area contributed by atoms with Crippen LogP contribution < -0.4 is 4.74 Å². The van der Waals surface area contributed by atoms with E-state index in [1.54, 1.807) is 0 Å². The number of rotatable bonds is 4. The lowest BCUT2D eigenvalue weighted by atomic mass is 9.87. The minimum atomic E-state index is -0.298. The van der Waals surface area contributed by atoms with E-state index in [0.717, 1.165) is 22.4 Å². The van der Waals surface area contributed by atoms with E-state index in [1.807, 2.05) is 68.4 Å². The number of para-hydroxylation sites is 1. The predicted molar refractivity (Wildman–Crippen MR) is 90.2 cm³/mol. The van der Waals surface area contributed by atoms with E-state index in [1.165, 1.54) is 0 Å². The topological polar surface area (TPSA) is 35.5 Å². The maximum Gasteiger partial charge on any atom is 0.338 e. The SMILES string of the molecule is CCOC(=O)C1=C(c2ccccc2)c2ccccc2OC1CC. The molecular formula is C20H20O3. The van der Waals surface area contributed by atoms with Crippen LogP contribution in [-0.4, -0.2) is 18.7 Å². The van der Waals surface area contributed by atoms with Gasteiger partial charge in [-0.2, -0.15) is 0 Å². The Balaban J connectivity index is 2.26. The Kier molecular flexibility index (Phi) is 4.47. The summed E-state index contributed by atoms with van der Waals surface area (Å²) in [5.41, 5.74) is 3.47. The molecular weight excluding hydrogens is 288 g/mol. The van der Waals surface area contributed by atoms with Crippen molar-refractivity contribution in [2.45, 2.75) is 26.4 Å². The number of carbonyl (C=O) groups is 1. The van der Waals surface area contributed by atoms with Crippen molar-refractivity contribution in [2.75, 3.05) is 6.61 Å². The molecule has 0 radical (unpaired) electrons. The van der Waals surface area contributed by atoms with Crippen LogP contribution in [0.4, 0.5) is 0 Å². The summed E-state index contributed by atoms with van der Waals surface area (Å²) in [7, 11) is 0. The molecule has 3 heteroatoms. The van der Waals surface area contributed by atoms with Crippen LogP contribution >= 0.6 is 0 Å². The zero-order valence-electron chi connectivity index (χ0n) is 13.4. The van der Waals surface area contributed by atoms with Crippen molar-refractivity contribution in [1.29, 1.82) is 0 Å². The van der Waals surface area contributed by atoms with Crippen molar-refractivity contribution in [2.24, 2.45) is 0 Å². The van der Waals surface area contributed by atoms with Gasteiger partial charge in [0.15, 0.2) is 0 Å². The van der Waals surface area contributed by atoms with Crippen LogP contribution in [-0.2, 0) is 9.53 Å². The fourth-order valence-corrected chi connectivity index (χ4v) is 2.94. The number of hydrogen-bond donors (Lipinski definition) is 0. The molecule has 2 aromatic rings. The van der Waals surface area contributed by atoms with Gasteiger partial charge in [0.05, 0.1) is 12.2 Å². The maximum absolute atomic E-state index is 12.6. The molecule has 0 fully saturated rings. The average molecular weight is 308 g/mol. The Bertz CT molecular complexity index is 732. The number of esters is 1. The number of ether oxygens (including phenoxy) is 2. The minimum absolute atomic E-state index is 0.292. The molecule has 0 amide bonds. The van der Waals surface area contributed by atoms with Crippen molar-refractivity contribution >= 4 is 11.5 Å². The first-order chi connectivity index (χ1) is 11.3. The summed E-state index contributed by atoms with van der Waals surface area (Å²) in [5, 5.41) is 0. The lowest BCUT2D eigenvalue weighted by molar-refractivity contribution is -0.139. The zero-order valence-corrected chi connectivity index (χ0v) is 13.4. The van der Waals surface area contributed by atoms with Crippen LogP contribution in [0.1, 0.15) is 31.4 Å². The first kappa shape index (κ1) is 15.3. The molecule has 0 saturated carbocycles. The summed E-state index contributed by atoms with van der Waals surface area (Å²) in [6.45, 7) is 4.18. The van der Waals surface area contributed by atoms with E-state index in [-0.39, 0.29) is 12.1 Å². The number of fused-ring (bicyclic) bond motifs is 1. The smallest absolute Gasteiger partial charge is 0.338 e. The first-order valence-electron chi connectivity index (χ1n) is 7.99. The normalized spacial score (nSPS) is 16.5. The van der Waals surface area contributed by atoms with Gasteiger partial charge < -0.3 is 9.47 Å². The summed E-state index contributed by atoms with van der Waals surface area (Å²) in [6, 6.07) is 17.8. The molecule has 0 spiro atoms. The van der Waals surface area contributed by atoms with Crippen LogP contribution in [0.3, 0.4) is 0 Å². The van der Waals surface area contributed by atoms with Crippen molar-refractivity contribution in [3.63, 3.8) is 0 Å².